The highest BCUT2D eigenvalue weighted by atomic mass is 16.5. The lowest BCUT2D eigenvalue weighted by Crippen LogP contribution is -2.31. The molecule has 0 amide bonds. The van der Waals surface area contributed by atoms with Crippen molar-refractivity contribution in [1.29, 1.82) is 0 Å². The number of hydrogen-bond donors (Lipinski definition) is 1. The Morgan fingerprint density at radius 2 is 1.78 bits per heavy atom. The molecular weight excluding hydrogens is 226 g/mol. The van der Waals surface area contributed by atoms with Crippen molar-refractivity contribution in [2.75, 3.05) is 13.2 Å². The average Bonchev–Trinajstić information content (AvgIpc) is 2.34. The van der Waals surface area contributed by atoms with Crippen LogP contribution in [0.25, 0.3) is 0 Å². The summed E-state index contributed by atoms with van der Waals surface area (Å²) < 4.78 is 11.4. The predicted molar refractivity (Wildman–Crippen MR) is 74.6 cm³/mol. The molecule has 0 spiro atoms. The fourth-order valence-corrected chi connectivity index (χ4v) is 1.84. The Morgan fingerprint density at radius 1 is 1.17 bits per heavy atom. The molecule has 3 nitrogen and oxygen atoms in total. The third-order valence-electron chi connectivity index (χ3n) is 2.82. The van der Waals surface area contributed by atoms with Crippen molar-refractivity contribution in [2.24, 2.45) is 5.73 Å². The van der Waals surface area contributed by atoms with E-state index < -0.39 is 0 Å². The summed E-state index contributed by atoms with van der Waals surface area (Å²) in [6.07, 6.45) is -0.0386. The molecule has 0 aromatic heterocycles. The quantitative estimate of drug-likeness (QED) is 0.810. The summed E-state index contributed by atoms with van der Waals surface area (Å²) in [7, 11) is 0. The average molecular weight is 251 g/mol. The van der Waals surface area contributed by atoms with Gasteiger partial charge in [-0.25, -0.2) is 0 Å². The van der Waals surface area contributed by atoms with Gasteiger partial charge in [0.25, 0.3) is 0 Å². The fraction of sp³-hybridized carbons (Fsp3) is 0.600. The lowest BCUT2D eigenvalue weighted by molar-refractivity contribution is -0.0550. The normalized spacial score (nSPS) is 16.3. The van der Waals surface area contributed by atoms with E-state index >= 15 is 0 Å². The third-order valence-corrected chi connectivity index (χ3v) is 2.82. The molecule has 0 saturated carbocycles. The minimum Gasteiger partial charge on any atom is -0.379 e. The van der Waals surface area contributed by atoms with Gasteiger partial charge in [0.2, 0.25) is 0 Å². The molecule has 3 unspecified atom stereocenters. The lowest BCUT2D eigenvalue weighted by atomic mass is 10.0. The lowest BCUT2D eigenvalue weighted by Gasteiger charge is -2.26. The van der Waals surface area contributed by atoms with Crippen molar-refractivity contribution in [1.82, 2.24) is 0 Å². The van der Waals surface area contributed by atoms with Crippen LogP contribution in [0.4, 0.5) is 0 Å². The van der Waals surface area contributed by atoms with Crippen LogP contribution in [0.3, 0.4) is 0 Å². The first-order valence-corrected chi connectivity index (χ1v) is 6.60. The second-order valence-electron chi connectivity index (χ2n) is 4.80. The molecule has 1 aromatic carbocycles. The molecule has 3 heteroatoms. The van der Waals surface area contributed by atoms with E-state index in [1.807, 2.05) is 20.8 Å². The third kappa shape index (κ3) is 4.77. The van der Waals surface area contributed by atoms with Gasteiger partial charge in [0.15, 0.2) is 0 Å². The summed E-state index contributed by atoms with van der Waals surface area (Å²) in [5.74, 6) is 0. The highest BCUT2D eigenvalue weighted by Gasteiger charge is 2.19. The molecule has 0 fully saturated rings. The largest absolute Gasteiger partial charge is 0.379 e. The molecule has 0 radical (unpaired) electrons. The Hall–Kier alpha value is -0.900. The van der Waals surface area contributed by atoms with Gasteiger partial charge in [0.05, 0.1) is 18.8 Å². The van der Waals surface area contributed by atoms with Crippen molar-refractivity contribution in [3.05, 3.63) is 35.4 Å². The zero-order chi connectivity index (χ0) is 13.5. The number of hydrogen-bond acceptors (Lipinski definition) is 3. The van der Waals surface area contributed by atoms with Crippen LogP contribution < -0.4 is 5.73 Å². The minimum absolute atomic E-state index is 0.0438. The van der Waals surface area contributed by atoms with Gasteiger partial charge < -0.3 is 15.2 Å². The van der Waals surface area contributed by atoms with Crippen LogP contribution in [0.2, 0.25) is 0 Å². The van der Waals surface area contributed by atoms with Crippen LogP contribution in [-0.2, 0) is 9.47 Å². The molecule has 0 bridgehead atoms. The van der Waals surface area contributed by atoms with E-state index in [1.54, 1.807) is 0 Å². The van der Waals surface area contributed by atoms with Gasteiger partial charge in [-0.3, -0.25) is 0 Å². The van der Waals surface area contributed by atoms with Crippen molar-refractivity contribution < 1.29 is 9.47 Å². The van der Waals surface area contributed by atoms with Crippen LogP contribution >= 0.6 is 0 Å². The summed E-state index contributed by atoms with van der Waals surface area (Å²) in [6, 6.07) is 8.28. The van der Waals surface area contributed by atoms with Gasteiger partial charge in [-0.2, -0.15) is 0 Å². The molecule has 18 heavy (non-hydrogen) atoms. The highest BCUT2D eigenvalue weighted by molar-refractivity contribution is 5.24. The number of nitrogens with two attached hydrogens (primary N) is 1. The van der Waals surface area contributed by atoms with E-state index in [9.17, 15) is 0 Å². The monoisotopic (exact) mass is 251 g/mol. The van der Waals surface area contributed by atoms with E-state index in [1.165, 1.54) is 5.56 Å². The summed E-state index contributed by atoms with van der Waals surface area (Å²) in [5, 5.41) is 0. The van der Waals surface area contributed by atoms with Crippen LogP contribution in [-0.4, -0.2) is 25.4 Å². The SMILES string of the molecule is CCOCC(C)OC(c1ccc(C)cc1)C(C)N. The van der Waals surface area contributed by atoms with Crippen LogP contribution in [0, 0.1) is 6.92 Å². The summed E-state index contributed by atoms with van der Waals surface area (Å²) >= 11 is 0. The Bertz CT molecular complexity index is 335. The van der Waals surface area contributed by atoms with Gasteiger partial charge in [0.1, 0.15) is 0 Å². The molecule has 0 aliphatic heterocycles. The molecule has 1 aromatic rings. The van der Waals surface area contributed by atoms with E-state index in [2.05, 4.69) is 31.2 Å². The standard InChI is InChI=1S/C15H25NO2/c1-5-17-10-12(3)18-15(13(4)16)14-8-6-11(2)7-9-14/h6-9,12-13,15H,5,10,16H2,1-4H3. The maximum atomic E-state index is 6.02. The Morgan fingerprint density at radius 3 is 2.28 bits per heavy atom. The Kier molecular flexibility index (Phi) is 6.33. The second kappa shape index (κ2) is 7.52. The molecule has 0 saturated heterocycles. The Labute approximate surface area is 110 Å². The topological polar surface area (TPSA) is 44.5 Å². The molecule has 1 rings (SSSR count). The first-order chi connectivity index (χ1) is 8.54. The van der Waals surface area contributed by atoms with Gasteiger partial charge in [-0.05, 0) is 33.3 Å². The van der Waals surface area contributed by atoms with Gasteiger partial charge in [0, 0.05) is 12.6 Å². The molecule has 0 aliphatic carbocycles. The van der Waals surface area contributed by atoms with E-state index in [0.29, 0.717) is 13.2 Å². The summed E-state index contributed by atoms with van der Waals surface area (Å²) in [6.45, 7) is 9.35. The van der Waals surface area contributed by atoms with E-state index in [-0.39, 0.29) is 18.2 Å². The molecule has 3 atom stereocenters. The number of benzene rings is 1. The van der Waals surface area contributed by atoms with Gasteiger partial charge in [-0.15, -0.1) is 0 Å². The van der Waals surface area contributed by atoms with Gasteiger partial charge in [-0.1, -0.05) is 29.8 Å². The van der Waals surface area contributed by atoms with Crippen molar-refractivity contribution in [2.45, 2.75) is 45.9 Å². The number of rotatable bonds is 7. The highest BCUT2D eigenvalue weighted by Crippen LogP contribution is 2.22. The summed E-state index contributed by atoms with van der Waals surface area (Å²) in [5.41, 5.74) is 8.38. The maximum absolute atomic E-state index is 6.02. The van der Waals surface area contributed by atoms with Crippen LogP contribution in [0.15, 0.2) is 24.3 Å². The maximum Gasteiger partial charge on any atom is 0.0977 e. The fourth-order valence-electron chi connectivity index (χ4n) is 1.84. The minimum atomic E-state index is -0.0824. The number of ether oxygens (including phenoxy) is 2. The zero-order valence-electron chi connectivity index (χ0n) is 11.8. The van der Waals surface area contributed by atoms with E-state index in [4.69, 9.17) is 15.2 Å². The van der Waals surface area contributed by atoms with Crippen LogP contribution in [0.5, 0.6) is 0 Å². The predicted octanol–water partition coefficient (Wildman–Crippen LogP) is 2.82. The smallest absolute Gasteiger partial charge is 0.0977 e. The van der Waals surface area contributed by atoms with E-state index in [0.717, 1.165) is 5.56 Å². The molecule has 0 aliphatic rings. The zero-order valence-corrected chi connectivity index (χ0v) is 11.8. The first-order valence-electron chi connectivity index (χ1n) is 6.60. The summed E-state index contributed by atoms with van der Waals surface area (Å²) in [4.78, 5) is 0. The van der Waals surface area contributed by atoms with Crippen LogP contribution in [0.1, 0.15) is 38.0 Å². The van der Waals surface area contributed by atoms with Crippen molar-refractivity contribution in [3.63, 3.8) is 0 Å². The second-order valence-corrected chi connectivity index (χ2v) is 4.80. The van der Waals surface area contributed by atoms with Crippen molar-refractivity contribution >= 4 is 0 Å². The van der Waals surface area contributed by atoms with Gasteiger partial charge >= 0.3 is 0 Å². The molecule has 0 heterocycles. The Balaban J connectivity index is 2.68. The number of aryl methyl sites for hydroxylation is 1. The van der Waals surface area contributed by atoms with Crippen molar-refractivity contribution in [3.8, 4) is 0 Å². The molecular formula is C15H25NO2. The molecule has 102 valence electrons. The molecule has 2 N–H and O–H groups in total. The first kappa shape index (κ1) is 15.2.